The third kappa shape index (κ3) is 3.13. The summed E-state index contributed by atoms with van der Waals surface area (Å²) in [5, 5.41) is 11.9. The molecule has 0 aliphatic heterocycles. The monoisotopic (exact) mass is 300 g/mol. The molecule has 92 valence electrons. The van der Waals surface area contributed by atoms with Crippen LogP contribution >= 0.6 is 35.0 Å². The highest BCUT2D eigenvalue weighted by atomic mass is 35.5. The van der Waals surface area contributed by atoms with Crippen molar-refractivity contribution in [3.8, 4) is 0 Å². The fraction of sp³-hybridized carbons (Fsp3) is 0. The van der Waals surface area contributed by atoms with Crippen molar-refractivity contribution in [2.24, 2.45) is 0 Å². The van der Waals surface area contributed by atoms with Gasteiger partial charge in [0.25, 0.3) is 0 Å². The highest BCUT2D eigenvalue weighted by Gasteiger charge is 2.16. The lowest BCUT2D eigenvalue weighted by Crippen LogP contribution is -1.93. The van der Waals surface area contributed by atoms with Crippen LogP contribution in [0.5, 0.6) is 0 Å². The summed E-state index contributed by atoms with van der Waals surface area (Å²) >= 11 is 12.7. The molecule has 2 aromatic rings. The van der Waals surface area contributed by atoms with Crippen molar-refractivity contribution in [1.82, 2.24) is 4.98 Å². The van der Waals surface area contributed by atoms with E-state index in [0.717, 1.165) is 4.90 Å². The number of hydrogen-bond donors (Lipinski definition) is 0. The number of hydrogen-bond acceptors (Lipinski definition) is 4. The highest BCUT2D eigenvalue weighted by molar-refractivity contribution is 7.99. The third-order valence-electron chi connectivity index (χ3n) is 2.03. The van der Waals surface area contributed by atoms with Gasteiger partial charge >= 0.3 is 5.69 Å². The molecule has 0 aliphatic carbocycles. The Morgan fingerprint density at radius 2 is 1.78 bits per heavy atom. The molecule has 1 heterocycles. The second-order valence-corrected chi connectivity index (χ2v) is 5.16. The summed E-state index contributed by atoms with van der Waals surface area (Å²) in [7, 11) is 0. The normalized spacial score (nSPS) is 10.3. The van der Waals surface area contributed by atoms with E-state index in [0.29, 0.717) is 5.02 Å². The number of halogens is 2. The molecule has 0 saturated heterocycles. The fourth-order valence-corrected chi connectivity index (χ4v) is 2.45. The molecule has 0 bridgehead atoms. The topological polar surface area (TPSA) is 56.0 Å². The summed E-state index contributed by atoms with van der Waals surface area (Å²) in [4.78, 5) is 15.1. The number of aromatic nitrogens is 1. The second kappa shape index (κ2) is 5.56. The predicted molar refractivity (Wildman–Crippen MR) is 71.5 cm³/mol. The van der Waals surface area contributed by atoms with Gasteiger partial charge in [-0.15, -0.1) is 0 Å². The summed E-state index contributed by atoms with van der Waals surface area (Å²) in [6, 6.07) is 9.68. The molecule has 2 rings (SSSR count). The molecule has 0 radical (unpaired) electrons. The van der Waals surface area contributed by atoms with Gasteiger partial charge in [0.1, 0.15) is 5.15 Å². The molecular weight excluding hydrogens is 295 g/mol. The molecule has 0 amide bonds. The minimum Gasteiger partial charge on any atom is -0.258 e. The van der Waals surface area contributed by atoms with Gasteiger partial charge in [-0.05, 0) is 30.3 Å². The molecule has 1 aromatic carbocycles. The van der Waals surface area contributed by atoms with Crippen LogP contribution < -0.4 is 0 Å². The maximum Gasteiger partial charge on any atom is 0.301 e. The number of nitrogens with zero attached hydrogens (tertiary/aromatic N) is 2. The Morgan fingerprint density at radius 3 is 2.39 bits per heavy atom. The lowest BCUT2D eigenvalue weighted by Gasteiger charge is -2.02. The number of nitro groups is 1. The van der Waals surface area contributed by atoms with Crippen LogP contribution in [0.25, 0.3) is 0 Å². The van der Waals surface area contributed by atoms with Gasteiger partial charge in [-0.1, -0.05) is 35.0 Å². The first kappa shape index (κ1) is 13.1. The van der Waals surface area contributed by atoms with Crippen molar-refractivity contribution in [2.45, 2.75) is 9.92 Å². The van der Waals surface area contributed by atoms with Crippen LogP contribution in [0, 0.1) is 10.1 Å². The number of benzene rings is 1. The van der Waals surface area contributed by atoms with E-state index in [-0.39, 0.29) is 15.9 Å². The number of pyridine rings is 1. The zero-order valence-electron chi connectivity index (χ0n) is 8.84. The van der Waals surface area contributed by atoms with Gasteiger partial charge in [0.05, 0.1) is 4.92 Å². The lowest BCUT2D eigenvalue weighted by atomic mass is 10.4. The Kier molecular flexibility index (Phi) is 4.06. The van der Waals surface area contributed by atoms with E-state index in [2.05, 4.69) is 4.98 Å². The van der Waals surface area contributed by atoms with Crippen molar-refractivity contribution in [3.63, 3.8) is 0 Å². The molecule has 7 heteroatoms. The van der Waals surface area contributed by atoms with Crippen LogP contribution in [0.3, 0.4) is 0 Å². The number of rotatable bonds is 3. The average Bonchev–Trinajstić information content (AvgIpc) is 2.32. The van der Waals surface area contributed by atoms with E-state index in [1.807, 2.05) is 0 Å². The van der Waals surface area contributed by atoms with Crippen LogP contribution in [0.15, 0.2) is 46.3 Å². The summed E-state index contributed by atoms with van der Waals surface area (Å²) < 4.78 is 0. The van der Waals surface area contributed by atoms with Crippen molar-refractivity contribution < 1.29 is 4.92 Å². The lowest BCUT2D eigenvalue weighted by molar-refractivity contribution is -0.388. The van der Waals surface area contributed by atoms with Crippen LogP contribution in [-0.2, 0) is 0 Å². The summed E-state index contributed by atoms with van der Waals surface area (Å²) in [5.41, 5.74) is -0.0700. The molecule has 0 aliphatic rings. The fourth-order valence-electron chi connectivity index (χ4n) is 1.24. The molecular formula is C11H6Cl2N2O2S. The van der Waals surface area contributed by atoms with E-state index in [1.165, 1.54) is 23.9 Å². The van der Waals surface area contributed by atoms with Crippen LogP contribution in [-0.4, -0.2) is 9.91 Å². The van der Waals surface area contributed by atoms with Gasteiger partial charge < -0.3 is 0 Å². The van der Waals surface area contributed by atoms with Gasteiger partial charge in [-0.25, -0.2) is 4.98 Å². The third-order valence-corrected chi connectivity index (χ3v) is 3.50. The molecule has 18 heavy (non-hydrogen) atoms. The molecule has 4 nitrogen and oxygen atoms in total. The van der Waals surface area contributed by atoms with Crippen LogP contribution in [0.1, 0.15) is 0 Å². The molecule has 0 fully saturated rings. The molecule has 0 unspecified atom stereocenters. The maximum absolute atomic E-state index is 10.9. The smallest absolute Gasteiger partial charge is 0.258 e. The van der Waals surface area contributed by atoms with Gasteiger partial charge in [0.2, 0.25) is 0 Å². The SMILES string of the molecule is O=[N+]([O-])c1ccc(Cl)nc1Sc1ccc(Cl)cc1. The highest BCUT2D eigenvalue weighted by Crippen LogP contribution is 2.34. The summed E-state index contributed by atoms with van der Waals surface area (Å²) in [6.07, 6.45) is 0. The minimum atomic E-state index is -0.485. The zero-order valence-corrected chi connectivity index (χ0v) is 11.2. The van der Waals surface area contributed by atoms with Crippen molar-refractivity contribution in [1.29, 1.82) is 0 Å². The first-order valence-electron chi connectivity index (χ1n) is 4.80. The Bertz CT molecular complexity index is 590. The Morgan fingerprint density at radius 1 is 1.11 bits per heavy atom. The summed E-state index contributed by atoms with van der Waals surface area (Å²) in [6.45, 7) is 0. The first-order chi connectivity index (χ1) is 8.56. The van der Waals surface area contributed by atoms with Gasteiger partial charge in [0.15, 0.2) is 5.03 Å². The predicted octanol–water partition coefficient (Wildman–Crippen LogP) is 4.45. The van der Waals surface area contributed by atoms with Crippen LogP contribution in [0.4, 0.5) is 5.69 Å². The van der Waals surface area contributed by atoms with Crippen molar-refractivity contribution in [2.75, 3.05) is 0 Å². The quantitative estimate of drug-likeness (QED) is 0.477. The second-order valence-electron chi connectivity index (χ2n) is 3.27. The Balaban J connectivity index is 2.35. The zero-order chi connectivity index (χ0) is 13.1. The van der Waals surface area contributed by atoms with E-state index in [1.54, 1.807) is 24.3 Å². The Hall–Kier alpha value is -1.30. The maximum atomic E-state index is 10.9. The molecule has 0 saturated carbocycles. The Labute approximate surface area is 117 Å². The summed E-state index contributed by atoms with van der Waals surface area (Å²) in [5.74, 6) is 0. The van der Waals surface area contributed by atoms with Gasteiger partial charge in [0, 0.05) is 16.0 Å². The molecule has 0 atom stereocenters. The van der Waals surface area contributed by atoms with E-state index < -0.39 is 4.92 Å². The average molecular weight is 301 g/mol. The van der Waals surface area contributed by atoms with Gasteiger partial charge in [-0.3, -0.25) is 10.1 Å². The largest absolute Gasteiger partial charge is 0.301 e. The van der Waals surface area contributed by atoms with E-state index >= 15 is 0 Å². The molecule has 0 spiro atoms. The first-order valence-corrected chi connectivity index (χ1v) is 6.38. The van der Waals surface area contributed by atoms with E-state index in [4.69, 9.17) is 23.2 Å². The minimum absolute atomic E-state index is 0.0700. The van der Waals surface area contributed by atoms with Crippen molar-refractivity contribution in [3.05, 3.63) is 56.7 Å². The van der Waals surface area contributed by atoms with E-state index in [9.17, 15) is 10.1 Å². The standard InChI is InChI=1S/C11H6Cl2N2O2S/c12-7-1-3-8(4-2-7)18-11-9(15(16)17)5-6-10(13)14-11/h1-6H. The molecule has 1 aromatic heterocycles. The van der Waals surface area contributed by atoms with Gasteiger partial charge in [-0.2, -0.15) is 0 Å². The van der Waals surface area contributed by atoms with Crippen molar-refractivity contribution >= 4 is 40.7 Å². The molecule has 0 N–H and O–H groups in total. The van der Waals surface area contributed by atoms with Crippen LogP contribution in [0.2, 0.25) is 10.2 Å².